The van der Waals surface area contributed by atoms with E-state index < -0.39 is 12.0 Å². The van der Waals surface area contributed by atoms with E-state index in [9.17, 15) is 8.78 Å². The van der Waals surface area contributed by atoms with E-state index in [1.807, 2.05) is 0 Å². The zero-order valence-corrected chi connectivity index (χ0v) is 14.4. The molecule has 0 aliphatic heterocycles. The topological polar surface area (TPSA) is 29.5 Å². The first kappa shape index (κ1) is 23.2. The van der Waals surface area contributed by atoms with Gasteiger partial charge < -0.3 is 9.84 Å². The van der Waals surface area contributed by atoms with Crippen molar-refractivity contribution in [2.24, 2.45) is 0 Å². The van der Waals surface area contributed by atoms with Gasteiger partial charge in [-0.2, -0.15) is 0 Å². The lowest BCUT2D eigenvalue weighted by Crippen LogP contribution is -1.93. The molecule has 0 fully saturated rings. The minimum atomic E-state index is -1.12. The van der Waals surface area contributed by atoms with Crippen LogP contribution >= 0.6 is 0 Å². The van der Waals surface area contributed by atoms with Gasteiger partial charge in [0.25, 0.3) is 0 Å². The maximum absolute atomic E-state index is 12.9. The zero-order chi connectivity index (χ0) is 18.3. The van der Waals surface area contributed by atoms with E-state index in [0.717, 1.165) is 0 Å². The van der Waals surface area contributed by atoms with Gasteiger partial charge in [-0.05, 0) is 64.5 Å². The molecule has 2 nitrogen and oxygen atoms in total. The second-order valence-corrected chi connectivity index (χ2v) is 4.55. The number of hydrogen-bond donors (Lipinski definition) is 1. The van der Waals surface area contributed by atoms with Gasteiger partial charge in [0, 0.05) is 0 Å². The molecule has 0 saturated carbocycles. The number of terminal acetylenes is 1. The molecule has 1 N–H and O–H groups in total. The summed E-state index contributed by atoms with van der Waals surface area (Å²) in [5.74, 6) is 2.76. The summed E-state index contributed by atoms with van der Waals surface area (Å²) in [7, 11) is 0. The summed E-state index contributed by atoms with van der Waals surface area (Å²) in [6.45, 7) is 7.58. The third-order valence-electron chi connectivity index (χ3n) is 2.10. The normalized spacial score (nSPS) is 14.9. The first-order valence-electron chi connectivity index (χ1n) is 7.16. The van der Waals surface area contributed by atoms with Gasteiger partial charge in [0.1, 0.15) is 17.7 Å². The summed E-state index contributed by atoms with van der Waals surface area (Å²) >= 11 is 0. The molecule has 0 aromatic carbocycles. The number of aliphatic hydroxyl groups is 1. The largest absolute Gasteiger partial charge is 0.462 e. The Hall–Kier alpha value is -2.12. The highest BCUT2D eigenvalue weighted by atomic mass is 19.1. The molecule has 0 heterocycles. The molecule has 0 saturated heterocycles. The van der Waals surface area contributed by atoms with E-state index in [4.69, 9.17) is 9.84 Å². The second-order valence-electron chi connectivity index (χ2n) is 4.55. The third kappa shape index (κ3) is 16.1. The average molecular weight is 324 g/mol. The monoisotopic (exact) mass is 324 g/mol. The maximum Gasteiger partial charge on any atom is 0.125 e. The highest BCUT2D eigenvalue weighted by Crippen LogP contribution is 2.11. The average Bonchev–Trinajstić information content (AvgIpc) is 2.43. The number of allylic oxidation sites excluding steroid dienone is 7. The number of ether oxygens (including phenoxy) is 1. The lowest BCUT2D eigenvalue weighted by molar-refractivity contribution is 0.311. The van der Waals surface area contributed by atoms with Crippen LogP contribution in [0.2, 0.25) is 0 Å². The Labute approximate surface area is 138 Å². The smallest absolute Gasteiger partial charge is 0.125 e. The van der Waals surface area contributed by atoms with E-state index in [1.165, 1.54) is 26.0 Å². The quantitative estimate of drug-likeness (QED) is 0.398. The van der Waals surface area contributed by atoms with Crippen LogP contribution in [0.3, 0.4) is 0 Å². The van der Waals surface area contributed by atoms with Gasteiger partial charge >= 0.3 is 0 Å². The molecule has 0 amide bonds. The van der Waals surface area contributed by atoms with Crippen LogP contribution in [0.1, 0.15) is 34.6 Å². The fourth-order valence-electron chi connectivity index (χ4n) is 1.36. The van der Waals surface area contributed by atoms with Crippen LogP contribution in [0.5, 0.6) is 0 Å². The Morgan fingerprint density at radius 2 is 1.91 bits per heavy atom. The van der Waals surface area contributed by atoms with E-state index >= 15 is 0 Å². The van der Waals surface area contributed by atoms with E-state index in [2.05, 4.69) is 12.3 Å². The first-order chi connectivity index (χ1) is 10.8. The molecular formula is C19H26F2O2. The Morgan fingerprint density at radius 3 is 2.30 bits per heavy atom. The van der Waals surface area contributed by atoms with Crippen LogP contribution in [-0.4, -0.2) is 17.9 Å². The number of aliphatic hydroxyl groups excluding tert-OH is 1. The number of hydrogen-bond acceptors (Lipinski definition) is 2. The van der Waals surface area contributed by atoms with Crippen molar-refractivity contribution in [3.05, 3.63) is 59.4 Å². The van der Waals surface area contributed by atoms with Gasteiger partial charge in [0.2, 0.25) is 0 Å². The highest BCUT2D eigenvalue weighted by molar-refractivity contribution is 5.26. The van der Waals surface area contributed by atoms with E-state index in [1.54, 1.807) is 45.1 Å². The fourth-order valence-corrected chi connectivity index (χ4v) is 1.36. The van der Waals surface area contributed by atoms with Crippen molar-refractivity contribution in [1.82, 2.24) is 0 Å². The van der Waals surface area contributed by atoms with Crippen LogP contribution < -0.4 is 0 Å². The molecule has 23 heavy (non-hydrogen) atoms. The van der Waals surface area contributed by atoms with Crippen molar-refractivity contribution < 1.29 is 18.6 Å². The van der Waals surface area contributed by atoms with Crippen molar-refractivity contribution >= 4 is 0 Å². The standard InChI is InChI=1S/C16H22F2O2.C3H4/c1-5-6-16(10-13(3)18)20-14(4)7-8-15(11-19)9-12(2)17;1-3-2/h5-10,13,19H,11H2,1-4H3;1H,2H3/b6-5-,12-9+,14-7+,15-8+,16-10+;. The molecule has 0 aliphatic carbocycles. The van der Waals surface area contributed by atoms with Gasteiger partial charge in [0.05, 0.1) is 12.4 Å². The summed E-state index contributed by atoms with van der Waals surface area (Å²) in [5, 5.41) is 9.05. The fraction of sp³-hybridized carbons (Fsp3) is 0.368. The van der Waals surface area contributed by atoms with Crippen molar-refractivity contribution in [3.63, 3.8) is 0 Å². The van der Waals surface area contributed by atoms with Crippen LogP contribution in [0.25, 0.3) is 0 Å². The molecule has 0 aromatic heterocycles. The molecule has 0 radical (unpaired) electrons. The lowest BCUT2D eigenvalue weighted by Gasteiger charge is -2.07. The molecule has 0 spiro atoms. The second kappa shape index (κ2) is 14.8. The Morgan fingerprint density at radius 1 is 1.35 bits per heavy atom. The third-order valence-corrected chi connectivity index (χ3v) is 2.10. The van der Waals surface area contributed by atoms with Crippen LogP contribution in [0.15, 0.2) is 59.4 Å². The summed E-state index contributed by atoms with van der Waals surface area (Å²) < 4.78 is 31.1. The van der Waals surface area contributed by atoms with Gasteiger partial charge in [-0.3, -0.25) is 0 Å². The number of alkyl halides is 1. The summed E-state index contributed by atoms with van der Waals surface area (Å²) in [6.07, 6.45) is 12.6. The van der Waals surface area contributed by atoms with E-state index in [-0.39, 0.29) is 6.61 Å². The minimum absolute atomic E-state index is 0.274. The number of rotatable bonds is 7. The molecular weight excluding hydrogens is 298 g/mol. The molecule has 4 heteroatoms. The van der Waals surface area contributed by atoms with Crippen molar-refractivity contribution in [2.45, 2.75) is 40.8 Å². The molecule has 1 atom stereocenters. The minimum Gasteiger partial charge on any atom is -0.462 e. The van der Waals surface area contributed by atoms with Crippen molar-refractivity contribution in [2.75, 3.05) is 6.61 Å². The van der Waals surface area contributed by atoms with Gasteiger partial charge in [0.15, 0.2) is 0 Å². The van der Waals surface area contributed by atoms with Crippen LogP contribution in [0.4, 0.5) is 8.78 Å². The zero-order valence-electron chi connectivity index (χ0n) is 14.4. The summed E-state index contributed by atoms with van der Waals surface area (Å²) in [6, 6.07) is 0. The molecule has 1 unspecified atom stereocenters. The van der Waals surface area contributed by atoms with Crippen molar-refractivity contribution in [3.8, 4) is 12.3 Å². The Balaban J connectivity index is 0. The Bertz CT molecular complexity index is 512. The first-order valence-corrected chi connectivity index (χ1v) is 7.16. The lowest BCUT2D eigenvalue weighted by atomic mass is 10.2. The van der Waals surface area contributed by atoms with Crippen molar-refractivity contribution in [1.29, 1.82) is 0 Å². The highest BCUT2D eigenvalue weighted by Gasteiger charge is 1.99. The molecule has 0 bridgehead atoms. The molecule has 0 rings (SSSR count). The maximum atomic E-state index is 12.9. The molecule has 0 aromatic rings. The predicted octanol–water partition coefficient (Wildman–Crippen LogP) is 5.16. The van der Waals surface area contributed by atoms with Crippen LogP contribution in [0, 0.1) is 12.3 Å². The van der Waals surface area contributed by atoms with Crippen LogP contribution in [-0.2, 0) is 4.74 Å². The van der Waals surface area contributed by atoms with Gasteiger partial charge in [-0.15, -0.1) is 12.3 Å². The predicted molar refractivity (Wildman–Crippen MR) is 92.8 cm³/mol. The van der Waals surface area contributed by atoms with E-state index in [0.29, 0.717) is 17.1 Å². The van der Waals surface area contributed by atoms with Gasteiger partial charge in [-0.1, -0.05) is 12.2 Å². The molecule has 0 aliphatic rings. The number of halogens is 2. The summed E-state index contributed by atoms with van der Waals surface area (Å²) in [4.78, 5) is 0. The summed E-state index contributed by atoms with van der Waals surface area (Å²) in [5.41, 5.74) is 0.420. The molecule has 128 valence electrons. The SMILES string of the molecule is C#CC.C/C=C\C(=C/C(C)F)O/C(C)=C/C=C(\C=C(/C)F)CO. The Kier molecular flexibility index (Phi) is 14.9. The van der Waals surface area contributed by atoms with Gasteiger partial charge in [-0.25, -0.2) is 8.78 Å².